The number of hydrogen-bond donors (Lipinski definition) is 1. The Morgan fingerprint density at radius 2 is 1.50 bits per heavy atom. The summed E-state index contributed by atoms with van der Waals surface area (Å²) in [5.74, 6) is 0.620. The smallest absolute Gasteiger partial charge is 0.537 e. The minimum absolute atomic E-state index is 0.620. The van der Waals surface area contributed by atoms with Crippen molar-refractivity contribution in [2.24, 2.45) is 0 Å². The normalized spacial score (nSPS) is 11.0. The van der Waals surface area contributed by atoms with Gasteiger partial charge in [0.05, 0.1) is 0 Å². The topological polar surface area (TPSA) is 29.5 Å². The van der Waals surface area contributed by atoms with Crippen molar-refractivity contribution in [1.82, 2.24) is 0 Å². The van der Waals surface area contributed by atoms with Crippen LogP contribution in [-0.4, -0.2) is 12.7 Å². The highest BCUT2D eigenvalue weighted by Gasteiger charge is 2.06. The van der Waals surface area contributed by atoms with Gasteiger partial charge < -0.3 is 9.68 Å². The molecule has 4 aromatic rings. The summed E-state index contributed by atoms with van der Waals surface area (Å²) in [5.41, 5.74) is 2.31. The minimum atomic E-state index is 0.620. The molecule has 0 saturated carbocycles. The average molecular weight is 303 g/mol. The molecule has 0 atom stereocenters. The zero-order chi connectivity index (χ0) is 14.9. The molecule has 4 heteroatoms. The van der Waals surface area contributed by atoms with Gasteiger partial charge in [-0.15, -0.1) is 11.3 Å². The molecule has 1 N–H and O–H groups in total. The largest absolute Gasteiger partial charge is 0.569 e. The van der Waals surface area contributed by atoms with Crippen LogP contribution in [0.1, 0.15) is 0 Å². The lowest BCUT2D eigenvalue weighted by Crippen LogP contribution is -1.99. The van der Waals surface area contributed by atoms with Crippen LogP contribution < -0.4 is 4.65 Å². The maximum atomic E-state index is 8.65. The van der Waals surface area contributed by atoms with Crippen molar-refractivity contribution in [2.45, 2.75) is 0 Å². The predicted octanol–water partition coefficient (Wildman–Crippen LogP) is 4.63. The van der Waals surface area contributed by atoms with Gasteiger partial charge in [0.1, 0.15) is 5.75 Å². The van der Waals surface area contributed by atoms with Crippen LogP contribution >= 0.6 is 11.3 Å². The molecule has 0 amide bonds. The lowest BCUT2D eigenvalue weighted by molar-refractivity contribution is 0.454. The van der Waals surface area contributed by atoms with E-state index in [-0.39, 0.29) is 0 Å². The highest BCUT2D eigenvalue weighted by Crippen LogP contribution is 2.36. The predicted molar refractivity (Wildman–Crippen MR) is 93.4 cm³/mol. The zero-order valence-electron chi connectivity index (χ0n) is 11.7. The maximum absolute atomic E-state index is 8.65. The van der Waals surface area contributed by atoms with Crippen LogP contribution in [0.4, 0.5) is 0 Å². The Morgan fingerprint density at radius 3 is 2.32 bits per heavy atom. The number of rotatable bonds is 3. The maximum Gasteiger partial charge on any atom is 0.569 e. The third-order valence-electron chi connectivity index (χ3n) is 3.76. The van der Waals surface area contributed by atoms with E-state index in [9.17, 15) is 0 Å². The molecule has 1 heterocycles. The molecule has 0 aliphatic carbocycles. The summed E-state index contributed by atoms with van der Waals surface area (Å²) in [5, 5.41) is 11.3. The monoisotopic (exact) mass is 303 g/mol. The van der Waals surface area contributed by atoms with Crippen molar-refractivity contribution < 1.29 is 9.68 Å². The summed E-state index contributed by atoms with van der Waals surface area (Å²) >= 11 is 1.82. The Labute approximate surface area is 132 Å². The molecule has 3 aromatic carbocycles. The highest BCUT2D eigenvalue weighted by atomic mass is 32.1. The van der Waals surface area contributed by atoms with Gasteiger partial charge in [0.25, 0.3) is 0 Å². The number of fused-ring (bicyclic) bond motifs is 3. The first kappa shape index (κ1) is 13.4. The van der Waals surface area contributed by atoms with E-state index in [0.29, 0.717) is 13.4 Å². The first-order valence-corrected chi connectivity index (χ1v) is 7.81. The van der Waals surface area contributed by atoms with Crippen LogP contribution in [0.3, 0.4) is 0 Å². The summed E-state index contributed by atoms with van der Waals surface area (Å²) in [4.78, 5) is 0. The van der Waals surface area contributed by atoms with Gasteiger partial charge in [-0.3, -0.25) is 0 Å². The molecular formula is C18H12BO2S. The molecule has 0 aliphatic heterocycles. The van der Waals surface area contributed by atoms with Crippen LogP contribution in [-0.2, 0) is 0 Å². The Morgan fingerprint density at radius 1 is 0.773 bits per heavy atom. The lowest BCUT2D eigenvalue weighted by atomic mass is 10.0. The molecular weight excluding hydrogens is 291 g/mol. The van der Waals surface area contributed by atoms with Gasteiger partial charge in [0, 0.05) is 20.2 Å². The zero-order valence-corrected chi connectivity index (χ0v) is 12.5. The molecule has 0 spiro atoms. The van der Waals surface area contributed by atoms with Crippen LogP contribution in [0.25, 0.3) is 31.3 Å². The van der Waals surface area contributed by atoms with Crippen molar-refractivity contribution in [3.05, 3.63) is 66.7 Å². The summed E-state index contributed by atoms with van der Waals surface area (Å²) in [6.07, 6.45) is 0. The van der Waals surface area contributed by atoms with Crippen molar-refractivity contribution in [2.75, 3.05) is 0 Å². The van der Waals surface area contributed by atoms with Crippen molar-refractivity contribution in [3.63, 3.8) is 0 Å². The van der Waals surface area contributed by atoms with E-state index in [4.69, 9.17) is 9.68 Å². The van der Waals surface area contributed by atoms with Gasteiger partial charge in [-0.25, -0.2) is 0 Å². The second-order valence-corrected chi connectivity index (χ2v) is 6.14. The molecule has 4 rings (SSSR count). The molecule has 2 nitrogen and oxygen atoms in total. The van der Waals surface area contributed by atoms with Crippen molar-refractivity contribution >= 4 is 39.2 Å². The number of hydrogen-bond acceptors (Lipinski definition) is 3. The summed E-state index contributed by atoms with van der Waals surface area (Å²) < 4.78 is 7.55. The van der Waals surface area contributed by atoms with Gasteiger partial charge in [-0.1, -0.05) is 42.5 Å². The Kier molecular flexibility index (Phi) is 3.33. The van der Waals surface area contributed by atoms with E-state index in [0.717, 1.165) is 5.56 Å². The fourth-order valence-electron chi connectivity index (χ4n) is 2.69. The van der Waals surface area contributed by atoms with Crippen LogP contribution in [0.5, 0.6) is 5.75 Å². The Hall–Kier alpha value is -2.30. The number of benzene rings is 3. The van der Waals surface area contributed by atoms with Gasteiger partial charge in [-0.05, 0) is 35.4 Å². The van der Waals surface area contributed by atoms with Crippen molar-refractivity contribution in [3.8, 4) is 16.9 Å². The Bertz CT molecular complexity index is 944. The average Bonchev–Trinajstić information content (AvgIpc) is 2.93. The van der Waals surface area contributed by atoms with Gasteiger partial charge in [0.2, 0.25) is 0 Å². The standard InChI is InChI=1S/C18H12BO2S/c20-19-21-14-8-5-12(6-9-14)13-7-10-16-15-3-1-2-4-17(15)22-18(16)11-13/h1-11,20H. The van der Waals surface area contributed by atoms with E-state index in [2.05, 4.69) is 42.5 Å². The summed E-state index contributed by atoms with van der Waals surface area (Å²) in [6.45, 7) is 0. The second-order valence-electron chi connectivity index (χ2n) is 5.06. The lowest BCUT2D eigenvalue weighted by Gasteiger charge is -2.05. The van der Waals surface area contributed by atoms with Gasteiger partial charge in [0.15, 0.2) is 0 Å². The summed E-state index contributed by atoms with van der Waals surface area (Å²) in [6, 6.07) is 22.7. The number of thiophene rings is 1. The third kappa shape index (κ3) is 2.26. The molecule has 0 fully saturated rings. The van der Waals surface area contributed by atoms with Gasteiger partial charge in [-0.2, -0.15) is 0 Å². The third-order valence-corrected chi connectivity index (χ3v) is 4.89. The second kappa shape index (κ2) is 5.48. The van der Waals surface area contributed by atoms with E-state index in [1.807, 2.05) is 35.6 Å². The van der Waals surface area contributed by atoms with Crippen LogP contribution in [0, 0.1) is 0 Å². The quantitative estimate of drug-likeness (QED) is 0.559. The molecule has 22 heavy (non-hydrogen) atoms. The van der Waals surface area contributed by atoms with Gasteiger partial charge >= 0.3 is 7.69 Å². The van der Waals surface area contributed by atoms with Crippen LogP contribution in [0.2, 0.25) is 0 Å². The van der Waals surface area contributed by atoms with E-state index in [1.54, 1.807) is 0 Å². The first-order chi connectivity index (χ1) is 10.8. The van der Waals surface area contributed by atoms with E-state index in [1.165, 1.54) is 25.7 Å². The fraction of sp³-hybridized carbons (Fsp3) is 0. The Balaban J connectivity index is 1.80. The van der Waals surface area contributed by atoms with E-state index >= 15 is 0 Å². The van der Waals surface area contributed by atoms with E-state index < -0.39 is 0 Å². The van der Waals surface area contributed by atoms with Crippen molar-refractivity contribution in [1.29, 1.82) is 0 Å². The highest BCUT2D eigenvalue weighted by molar-refractivity contribution is 7.25. The molecule has 0 bridgehead atoms. The molecule has 0 aliphatic rings. The fourth-order valence-corrected chi connectivity index (χ4v) is 3.84. The molecule has 0 saturated heterocycles. The first-order valence-electron chi connectivity index (χ1n) is 6.99. The van der Waals surface area contributed by atoms with Crippen LogP contribution in [0.15, 0.2) is 66.7 Å². The molecule has 105 valence electrons. The minimum Gasteiger partial charge on any atom is -0.537 e. The molecule has 1 radical (unpaired) electrons. The SMILES string of the molecule is O[B]Oc1ccc(-c2ccc3c(c2)sc2ccccc23)cc1. The molecule has 0 unspecified atom stereocenters. The molecule has 1 aromatic heterocycles. The summed E-state index contributed by atoms with van der Waals surface area (Å²) in [7, 11) is 0.693.